The summed E-state index contributed by atoms with van der Waals surface area (Å²) in [7, 11) is 0. The molecule has 1 fully saturated rings. The lowest BCUT2D eigenvalue weighted by Gasteiger charge is -2.11. The van der Waals surface area contributed by atoms with Crippen LogP contribution in [0.25, 0.3) is 0 Å². The molecule has 1 aliphatic rings. The molecule has 0 aromatic carbocycles. The van der Waals surface area contributed by atoms with E-state index in [4.69, 9.17) is 4.84 Å². The second-order valence-electron chi connectivity index (χ2n) is 3.82. The number of unbranched alkanes of at least 4 members (excludes halogenated alkanes) is 2. The molecule has 1 saturated heterocycles. The average Bonchev–Trinajstić information content (AvgIpc) is 2.29. The first-order chi connectivity index (χ1) is 7.79. The third-order valence-corrected chi connectivity index (χ3v) is 4.57. The minimum absolute atomic E-state index is 0.275. The SMILES string of the molecule is CC(=O)CCCCCON=C1CSCSC1. The van der Waals surface area contributed by atoms with Gasteiger partial charge in [0, 0.05) is 23.0 Å². The van der Waals surface area contributed by atoms with Gasteiger partial charge in [-0.1, -0.05) is 5.16 Å². The van der Waals surface area contributed by atoms with E-state index in [9.17, 15) is 4.79 Å². The number of hydrogen-bond donors (Lipinski definition) is 0. The molecule has 0 amide bonds. The molecule has 0 aliphatic carbocycles. The van der Waals surface area contributed by atoms with Crippen LogP contribution in [0.5, 0.6) is 0 Å². The molecule has 92 valence electrons. The van der Waals surface area contributed by atoms with E-state index < -0.39 is 0 Å². The van der Waals surface area contributed by atoms with Gasteiger partial charge in [0.15, 0.2) is 0 Å². The van der Waals surface area contributed by atoms with Crippen LogP contribution in [0.15, 0.2) is 5.16 Å². The molecule has 1 heterocycles. The quantitative estimate of drug-likeness (QED) is 0.522. The van der Waals surface area contributed by atoms with Gasteiger partial charge in [0.05, 0.1) is 5.71 Å². The van der Waals surface area contributed by atoms with Crippen LogP contribution in [0.4, 0.5) is 0 Å². The molecule has 5 heteroatoms. The molecular formula is C11H19NO2S2. The average molecular weight is 261 g/mol. The zero-order valence-electron chi connectivity index (χ0n) is 9.74. The smallest absolute Gasteiger partial charge is 0.129 e. The normalized spacial score (nSPS) is 15.9. The van der Waals surface area contributed by atoms with Gasteiger partial charge in [-0.05, 0) is 26.2 Å². The minimum atomic E-state index is 0.275. The van der Waals surface area contributed by atoms with Crippen molar-refractivity contribution in [1.82, 2.24) is 0 Å². The predicted molar refractivity (Wildman–Crippen MR) is 72.3 cm³/mol. The Kier molecular flexibility index (Phi) is 7.76. The lowest BCUT2D eigenvalue weighted by molar-refractivity contribution is -0.117. The van der Waals surface area contributed by atoms with E-state index in [0.29, 0.717) is 13.0 Å². The molecule has 0 aromatic rings. The van der Waals surface area contributed by atoms with Gasteiger partial charge in [0.2, 0.25) is 0 Å². The molecule has 0 bridgehead atoms. The molecule has 0 N–H and O–H groups in total. The Morgan fingerprint density at radius 3 is 2.75 bits per heavy atom. The molecule has 3 nitrogen and oxygen atoms in total. The summed E-state index contributed by atoms with van der Waals surface area (Å²) >= 11 is 3.79. The van der Waals surface area contributed by atoms with Gasteiger partial charge in [0.25, 0.3) is 0 Å². The van der Waals surface area contributed by atoms with Gasteiger partial charge >= 0.3 is 0 Å². The molecule has 16 heavy (non-hydrogen) atoms. The number of carbonyl (C=O) groups is 1. The van der Waals surface area contributed by atoms with Crippen molar-refractivity contribution in [3.05, 3.63) is 0 Å². The number of Topliss-reactive ketones (excluding diaryl/α,β-unsaturated/α-hetero) is 1. The summed E-state index contributed by atoms with van der Waals surface area (Å²) in [5.74, 6) is 2.30. The lowest BCUT2D eigenvalue weighted by Crippen LogP contribution is -2.11. The third kappa shape index (κ3) is 7.17. The molecule has 0 unspecified atom stereocenters. The first-order valence-corrected chi connectivity index (χ1v) is 7.92. The fraction of sp³-hybridized carbons (Fsp3) is 0.818. The number of oxime groups is 1. The van der Waals surface area contributed by atoms with Gasteiger partial charge in [-0.2, -0.15) is 0 Å². The van der Waals surface area contributed by atoms with E-state index in [2.05, 4.69) is 5.16 Å². The lowest BCUT2D eigenvalue weighted by atomic mass is 10.1. The molecule has 0 atom stereocenters. The number of hydrogen-bond acceptors (Lipinski definition) is 5. The van der Waals surface area contributed by atoms with Gasteiger partial charge in [0.1, 0.15) is 12.4 Å². The largest absolute Gasteiger partial charge is 0.396 e. The van der Waals surface area contributed by atoms with Crippen molar-refractivity contribution >= 4 is 35.0 Å². The molecule has 0 radical (unpaired) electrons. The van der Waals surface area contributed by atoms with E-state index in [1.54, 1.807) is 6.92 Å². The highest BCUT2D eigenvalue weighted by molar-refractivity contribution is 8.17. The summed E-state index contributed by atoms with van der Waals surface area (Å²) in [6.45, 7) is 2.32. The Morgan fingerprint density at radius 1 is 1.31 bits per heavy atom. The highest BCUT2D eigenvalue weighted by atomic mass is 32.2. The highest BCUT2D eigenvalue weighted by Gasteiger charge is 2.07. The predicted octanol–water partition coefficient (Wildman–Crippen LogP) is 2.95. The molecule has 0 saturated carbocycles. The summed E-state index contributed by atoms with van der Waals surface area (Å²) in [5.41, 5.74) is 1.16. The van der Waals surface area contributed by atoms with Crippen molar-refractivity contribution in [3.8, 4) is 0 Å². The number of rotatable bonds is 7. The van der Waals surface area contributed by atoms with Crippen LogP contribution in [0, 0.1) is 0 Å². The zero-order chi connectivity index (χ0) is 11.6. The Bertz CT molecular complexity index is 236. The first kappa shape index (κ1) is 13.9. The van der Waals surface area contributed by atoms with Gasteiger partial charge < -0.3 is 9.63 Å². The molecule has 1 aliphatic heterocycles. The second-order valence-corrected chi connectivity index (χ2v) is 6.15. The maximum atomic E-state index is 10.7. The topological polar surface area (TPSA) is 38.7 Å². The number of nitrogens with zero attached hydrogens (tertiary/aromatic N) is 1. The highest BCUT2D eigenvalue weighted by Crippen LogP contribution is 2.19. The summed E-state index contributed by atoms with van der Waals surface area (Å²) in [6.07, 6.45) is 3.71. The zero-order valence-corrected chi connectivity index (χ0v) is 11.4. The van der Waals surface area contributed by atoms with E-state index in [1.807, 2.05) is 23.5 Å². The molecule has 0 aromatic heterocycles. The Morgan fingerprint density at radius 2 is 2.06 bits per heavy atom. The van der Waals surface area contributed by atoms with Gasteiger partial charge in [-0.25, -0.2) is 0 Å². The minimum Gasteiger partial charge on any atom is -0.396 e. The van der Waals surface area contributed by atoms with Crippen LogP contribution in [-0.4, -0.2) is 34.7 Å². The maximum absolute atomic E-state index is 10.7. The second kappa shape index (κ2) is 8.93. The van der Waals surface area contributed by atoms with Crippen LogP contribution in [0.2, 0.25) is 0 Å². The molecule has 0 spiro atoms. The fourth-order valence-corrected chi connectivity index (χ4v) is 3.37. The Hall–Kier alpha value is -0.160. The summed E-state index contributed by atoms with van der Waals surface area (Å²) in [6, 6.07) is 0. The third-order valence-electron chi connectivity index (χ3n) is 2.16. The number of carbonyl (C=O) groups excluding carboxylic acids is 1. The van der Waals surface area contributed by atoms with Gasteiger partial charge in [-0.3, -0.25) is 0 Å². The maximum Gasteiger partial charge on any atom is 0.129 e. The molecular weight excluding hydrogens is 242 g/mol. The van der Waals surface area contributed by atoms with Crippen molar-refractivity contribution in [2.45, 2.75) is 32.6 Å². The van der Waals surface area contributed by atoms with Crippen molar-refractivity contribution in [2.24, 2.45) is 5.16 Å². The fourth-order valence-electron chi connectivity index (χ4n) is 1.33. The van der Waals surface area contributed by atoms with Crippen LogP contribution in [0.1, 0.15) is 32.6 Å². The van der Waals surface area contributed by atoms with Gasteiger partial charge in [-0.15, -0.1) is 23.5 Å². The monoisotopic (exact) mass is 261 g/mol. The van der Waals surface area contributed by atoms with Crippen LogP contribution in [-0.2, 0) is 9.63 Å². The van der Waals surface area contributed by atoms with E-state index in [-0.39, 0.29) is 5.78 Å². The number of thioether (sulfide) groups is 2. The van der Waals surface area contributed by atoms with Crippen LogP contribution < -0.4 is 0 Å². The summed E-state index contributed by atoms with van der Waals surface area (Å²) < 4.78 is 0. The Balaban J connectivity index is 1.92. The summed E-state index contributed by atoms with van der Waals surface area (Å²) in [4.78, 5) is 15.9. The van der Waals surface area contributed by atoms with E-state index in [1.165, 1.54) is 5.08 Å². The standard InChI is InChI=1S/C11H19NO2S2/c1-10(13)5-3-2-4-6-14-12-11-7-15-9-16-8-11/h2-9H2,1H3. The number of ketones is 1. The van der Waals surface area contributed by atoms with E-state index >= 15 is 0 Å². The van der Waals surface area contributed by atoms with E-state index in [0.717, 1.165) is 36.5 Å². The van der Waals surface area contributed by atoms with Crippen LogP contribution in [0.3, 0.4) is 0 Å². The first-order valence-electron chi connectivity index (χ1n) is 5.61. The van der Waals surface area contributed by atoms with Crippen LogP contribution >= 0.6 is 23.5 Å². The van der Waals surface area contributed by atoms with Crippen molar-refractivity contribution < 1.29 is 9.63 Å². The molecule has 1 rings (SSSR count). The van der Waals surface area contributed by atoms with Crippen molar-refractivity contribution in [3.63, 3.8) is 0 Å². The van der Waals surface area contributed by atoms with Crippen molar-refractivity contribution in [2.75, 3.05) is 23.2 Å². The Labute approximate surface area is 106 Å². The van der Waals surface area contributed by atoms with Crippen molar-refractivity contribution in [1.29, 1.82) is 0 Å². The summed E-state index contributed by atoms with van der Waals surface area (Å²) in [5, 5.41) is 5.29.